The molecule has 1 aliphatic rings. The van der Waals surface area contributed by atoms with E-state index in [0.717, 1.165) is 17.8 Å². The summed E-state index contributed by atoms with van der Waals surface area (Å²) in [5, 5.41) is 2.87. The molecule has 1 saturated carbocycles. The molecule has 1 aromatic carbocycles. The predicted molar refractivity (Wildman–Crippen MR) is 106 cm³/mol. The van der Waals surface area contributed by atoms with Crippen LogP contribution >= 0.6 is 0 Å². The SMILES string of the molecule is CCC(=O)N(Cc1cc(NC(=O)c2ccco2)ccc1N(C)C)CC1CC1. The van der Waals surface area contributed by atoms with Gasteiger partial charge in [-0.2, -0.15) is 0 Å². The van der Waals surface area contributed by atoms with Gasteiger partial charge in [0.1, 0.15) is 0 Å². The molecule has 0 radical (unpaired) electrons. The second-order valence-electron chi connectivity index (χ2n) is 7.24. The number of furan rings is 1. The third-order valence-corrected chi connectivity index (χ3v) is 4.76. The Morgan fingerprint density at radius 1 is 1.22 bits per heavy atom. The van der Waals surface area contributed by atoms with Crippen LogP contribution in [0.3, 0.4) is 0 Å². The highest BCUT2D eigenvalue weighted by molar-refractivity contribution is 6.02. The van der Waals surface area contributed by atoms with E-state index in [-0.39, 0.29) is 17.6 Å². The van der Waals surface area contributed by atoms with E-state index in [4.69, 9.17) is 4.42 Å². The first-order valence-corrected chi connectivity index (χ1v) is 9.40. The largest absolute Gasteiger partial charge is 0.459 e. The van der Waals surface area contributed by atoms with E-state index in [1.165, 1.54) is 19.1 Å². The lowest BCUT2D eigenvalue weighted by molar-refractivity contribution is -0.131. The molecule has 0 atom stereocenters. The number of hydrogen-bond donors (Lipinski definition) is 1. The molecule has 6 heteroatoms. The molecular weight excluding hydrogens is 342 g/mol. The van der Waals surface area contributed by atoms with Crippen LogP contribution in [0.4, 0.5) is 11.4 Å². The average Bonchev–Trinajstić information content (AvgIpc) is 3.29. The van der Waals surface area contributed by atoms with Gasteiger partial charge >= 0.3 is 0 Å². The second-order valence-corrected chi connectivity index (χ2v) is 7.24. The first-order valence-electron chi connectivity index (χ1n) is 9.40. The van der Waals surface area contributed by atoms with E-state index >= 15 is 0 Å². The highest BCUT2D eigenvalue weighted by Crippen LogP contribution is 2.32. The summed E-state index contributed by atoms with van der Waals surface area (Å²) in [6.45, 7) is 3.25. The Hall–Kier alpha value is -2.76. The van der Waals surface area contributed by atoms with Gasteiger partial charge in [0.05, 0.1) is 6.26 Å². The van der Waals surface area contributed by atoms with Gasteiger partial charge in [0.2, 0.25) is 5.91 Å². The lowest BCUT2D eigenvalue weighted by Crippen LogP contribution is -2.32. The predicted octanol–water partition coefficient (Wildman–Crippen LogP) is 3.75. The van der Waals surface area contributed by atoms with Crippen LogP contribution in [0.1, 0.15) is 42.3 Å². The van der Waals surface area contributed by atoms with Crippen LogP contribution in [0, 0.1) is 5.92 Å². The number of hydrogen-bond acceptors (Lipinski definition) is 4. The Bertz CT molecular complexity index is 795. The van der Waals surface area contributed by atoms with Crippen molar-refractivity contribution in [1.29, 1.82) is 0 Å². The number of amides is 2. The van der Waals surface area contributed by atoms with Crippen LogP contribution in [0.2, 0.25) is 0 Å². The maximum Gasteiger partial charge on any atom is 0.291 e. The van der Waals surface area contributed by atoms with E-state index in [1.807, 2.05) is 49.0 Å². The fourth-order valence-corrected chi connectivity index (χ4v) is 3.12. The Balaban J connectivity index is 1.82. The van der Waals surface area contributed by atoms with E-state index in [1.54, 1.807) is 12.1 Å². The standard InChI is InChI=1S/C21H27N3O3/c1-4-20(25)24(13-15-7-8-15)14-16-12-17(9-10-18(16)23(2)3)22-21(26)19-6-5-11-27-19/h5-6,9-12,15H,4,7-8,13-14H2,1-3H3,(H,22,26). The van der Waals surface area contributed by atoms with Crippen LogP contribution in [0.15, 0.2) is 41.0 Å². The molecule has 1 N–H and O–H groups in total. The van der Waals surface area contributed by atoms with Gasteiger partial charge in [0.15, 0.2) is 5.76 Å². The summed E-state index contributed by atoms with van der Waals surface area (Å²) in [4.78, 5) is 28.6. The summed E-state index contributed by atoms with van der Waals surface area (Å²) in [5.74, 6) is 0.773. The molecule has 2 amide bonds. The number of carbonyl (C=O) groups excluding carboxylic acids is 2. The number of anilines is 2. The van der Waals surface area contributed by atoms with Crippen LogP contribution in [-0.4, -0.2) is 37.4 Å². The highest BCUT2D eigenvalue weighted by atomic mass is 16.3. The number of nitrogens with one attached hydrogen (secondary N) is 1. The van der Waals surface area contributed by atoms with Gasteiger partial charge in [-0.15, -0.1) is 0 Å². The maximum atomic E-state index is 12.4. The van der Waals surface area contributed by atoms with Crippen LogP contribution < -0.4 is 10.2 Å². The second kappa shape index (κ2) is 8.29. The molecule has 0 saturated heterocycles. The van der Waals surface area contributed by atoms with Crippen LogP contribution in [0.5, 0.6) is 0 Å². The lowest BCUT2D eigenvalue weighted by atomic mass is 10.1. The molecule has 1 heterocycles. The van der Waals surface area contributed by atoms with Crippen molar-refractivity contribution in [3.63, 3.8) is 0 Å². The quantitative estimate of drug-likeness (QED) is 0.770. The van der Waals surface area contributed by atoms with E-state index in [2.05, 4.69) is 5.32 Å². The fraction of sp³-hybridized carbons (Fsp3) is 0.429. The normalized spacial score (nSPS) is 13.3. The zero-order valence-corrected chi connectivity index (χ0v) is 16.2. The summed E-state index contributed by atoms with van der Waals surface area (Å²) < 4.78 is 5.15. The van der Waals surface area contributed by atoms with Gasteiger partial charge in [-0.3, -0.25) is 9.59 Å². The van der Waals surface area contributed by atoms with Crippen molar-refractivity contribution in [3.8, 4) is 0 Å². The maximum absolute atomic E-state index is 12.4. The number of rotatable bonds is 8. The summed E-state index contributed by atoms with van der Waals surface area (Å²) >= 11 is 0. The minimum absolute atomic E-state index is 0.164. The zero-order valence-electron chi connectivity index (χ0n) is 16.2. The molecule has 27 heavy (non-hydrogen) atoms. The van der Waals surface area contributed by atoms with Gasteiger partial charge in [-0.05, 0) is 54.7 Å². The molecule has 1 fully saturated rings. The van der Waals surface area contributed by atoms with Gasteiger partial charge in [-0.1, -0.05) is 6.92 Å². The molecule has 0 unspecified atom stereocenters. The summed E-state index contributed by atoms with van der Waals surface area (Å²) in [6, 6.07) is 9.09. The topological polar surface area (TPSA) is 65.8 Å². The summed E-state index contributed by atoms with van der Waals surface area (Å²) in [5.41, 5.74) is 2.74. The van der Waals surface area contributed by atoms with Gasteiger partial charge in [0, 0.05) is 45.0 Å². The molecule has 1 aromatic heterocycles. The Kier molecular flexibility index (Phi) is 5.84. The molecular formula is C21H27N3O3. The van der Waals surface area contributed by atoms with Crippen LogP contribution in [-0.2, 0) is 11.3 Å². The molecule has 2 aromatic rings. The molecule has 0 bridgehead atoms. The zero-order chi connectivity index (χ0) is 19.4. The van der Waals surface area contributed by atoms with Crippen molar-refractivity contribution in [2.45, 2.75) is 32.7 Å². The van der Waals surface area contributed by atoms with Gasteiger partial charge in [0.25, 0.3) is 5.91 Å². The van der Waals surface area contributed by atoms with Crippen molar-refractivity contribution in [2.75, 3.05) is 30.9 Å². The van der Waals surface area contributed by atoms with E-state index in [9.17, 15) is 9.59 Å². The number of nitrogens with zero attached hydrogens (tertiary/aromatic N) is 2. The first kappa shape index (κ1) is 19.0. The Labute approximate surface area is 160 Å². The van der Waals surface area contributed by atoms with Crippen molar-refractivity contribution in [3.05, 3.63) is 47.9 Å². The minimum Gasteiger partial charge on any atom is -0.459 e. The Morgan fingerprint density at radius 3 is 2.59 bits per heavy atom. The lowest BCUT2D eigenvalue weighted by Gasteiger charge is -2.26. The third kappa shape index (κ3) is 4.90. The van der Waals surface area contributed by atoms with E-state index in [0.29, 0.717) is 24.6 Å². The molecule has 3 rings (SSSR count). The third-order valence-electron chi connectivity index (χ3n) is 4.76. The summed E-state index contributed by atoms with van der Waals surface area (Å²) in [6.07, 6.45) is 4.38. The van der Waals surface area contributed by atoms with Crippen LogP contribution in [0.25, 0.3) is 0 Å². The average molecular weight is 369 g/mol. The first-order chi connectivity index (χ1) is 13.0. The molecule has 6 nitrogen and oxygen atoms in total. The molecule has 0 aliphatic heterocycles. The van der Waals surface area contributed by atoms with Crippen molar-refractivity contribution in [1.82, 2.24) is 4.90 Å². The number of carbonyl (C=O) groups is 2. The van der Waals surface area contributed by atoms with Gasteiger partial charge < -0.3 is 19.5 Å². The highest BCUT2D eigenvalue weighted by Gasteiger charge is 2.27. The minimum atomic E-state index is -0.289. The molecule has 0 spiro atoms. The van der Waals surface area contributed by atoms with Crippen molar-refractivity contribution >= 4 is 23.2 Å². The molecule has 144 valence electrons. The molecule has 1 aliphatic carbocycles. The Morgan fingerprint density at radius 2 is 2.00 bits per heavy atom. The van der Waals surface area contributed by atoms with Crippen molar-refractivity contribution in [2.24, 2.45) is 5.92 Å². The van der Waals surface area contributed by atoms with Crippen molar-refractivity contribution < 1.29 is 14.0 Å². The van der Waals surface area contributed by atoms with E-state index < -0.39 is 0 Å². The van der Waals surface area contributed by atoms with Gasteiger partial charge in [-0.25, -0.2) is 0 Å². The smallest absolute Gasteiger partial charge is 0.291 e. The number of benzene rings is 1. The summed E-state index contributed by atoms with van der Waals surface area (Å²) in [7, 11) is 3.96. The monoisotopic (exact) mass is 369 g/mol. The fourth-order valence-electron chi connectivity index (χ4n) is 3.12.